The Balaban J connectivity index is 0. The molecule has 11 nitrogen and oxygen atoms in total. The molecule has 0 saturated heterocycles. The Hall–Kier alpha value is -0.830. The van der Waals surface area contributed by atoms with E-state index < -0.39 is 38.9 Å². The van der Waals surface area contributed by atoms with Gasteiger partial charge in [-0.15, -0.1) is 0 Å². The zero-order valence-corrected chi connectivity index (χ0v) is 9.97. The summed E-state index contributed by atoms with van der Waals surface area (Å²) >= 11 is 0. The van der Waals surface area contributed by atoms with Crippen LogP contribution in [0.15, 0.2) is 0 Å². The first-order valence-corrected chi connectivity index (χ1v) is 6.25. The van der Waals surface area contributed by atoms with Gasteiger partial charge in [-0.1, -0.05) is 0 Å². The summed E-state index contributed by atoms with van der Waals surface area (Å²) in [4.78, 5) is 10.4. The quantitative estimate of drug-likeness (QED) is 0.342. The first-order chi connectivity index (χ1) is 7.15. The molecule has 0 fully saturated rings. The minimum Gasteiger partial charge on any atom is -0.378 e. The highest BCUT2D eigenvalue weighted by Crippen LogP contribution is 2.03. The lowest BCUT2D eigenvalue weighted by Gasteiger charge is -2.16. The number of carbonyl (C=O) groups excluding carboxylic acids is 1. The van der Waals surface area contributed by atoms with Crippen molar-refractivity contribution in [2.45, 2.75) is 12.5 Å². The van der Waals surface area contributed by atoms with Gasteiger partial charge in [-0.2, -0.15) is 16.8 Å². The number of aliphatic hydroxyl groups is 1. The van der Waals surface area contributed by atoms with Crippen molar-refractivity contribution in [2.75, 3.05) is 6.61 Å². The van der Waals surface area contributed by atoms with Crippen molar-refractivity contribution in [3.05, 3.63) is 0 Å². The predicted octanol–water partition coefficient (Wildman–Crippen LogP) is -2.61. The molecule has 0 aliphatic heterocycles. The molecule has 0 aliphatic carbocycles. The van der Waals surface area contributed by atoms with Crippen molar-refractivity contribution < 1.29 is 44.6 Å². The molecule has 0 radical (unpaired) electrons. The normalized spacial score (nSPS) is 15.4. The fourth-order valence-electron chi connectivity index (χ4n) is 0.260. The third kappa shape index (κ3) is 17.8. The number of primary amides is 1. The van der Waals surface area contributed by atoms with Crippen LogP contribution in [0.25, 0.3) is 0 Å². The van der Waals surface area contributed by atoms with E-state index in [2.05, 4.69) is 9.92 Å². The van der Waals surface area contributed by atoms with Gasteiger partial charge < -0.3 is 10.8 Å². The Morgan fingerprint density at radius 1 is 1.24 bits per heavy atom. The molecule has 1 unspecified atom stereocenters. The highest BCUT2D eigenvalue weighted by molar-refractivity contribution is 7.80. The van der Waals surface area contributed by atoms with Crippen LogP contribution in [0.1, 0.15) is 6.92 Å². The number of hydrogen-bond donors (Lipinski definition) is 5. The van der Waals surface area contributed by atoms with Gasteiger partial charge in [-0.3, -0.25) is 18.5 Å². The number of amides is 1. The zero-order chi connectivity index (χ0) is 14.5. The Morgan fingerprint density at radius 3 is 1.71 bits per heavy atom. The average Bonchev–Trinajstić information content (AvgIpc) is 1.96. The summed E-state index contributed by atoms with van der Waals surface area (Å²) in [6.07, 6.45) is 0. The fourth-order valence-corrected chi connectivity index (χ4v) is 0.639. The van der Waals surface area contributed by atoms with Crippen LogP contribution in [0.4, 0.5) is 0 Å². The summed E-state index contributed by atoms with van der Waals surface area (Å²) in [5, 5.41) is 8.98. The van der Waals surface area contributed by atoms with Gasteiger partial charge in [0.05, 0.1) is 0 Å². The van der Waals surface area contributed by atoms with E-state index in [4.69, 9.17) is 27.2 Å². The van der Waals surface area contributed by atoms with Gasteiger partial charge in [-0.05, 0) is 6.92 Å². The second-order valence-electron chi connectivity index (χ2n) is 2.78. The van der Waals surface area contributed by atoms with Crippen molar-refractivity contribution >= 4 is 26.7 Å². The topological polar surface area (TPSA) is 202 Å². The van der Waals surface area contributed by atoms with Gasteiger partial charge in [0, 0.05) is 0 Å². The van der Waals surface area contributed by atoms with Gasteiger partial charge in [0.25, 0.3) is 5.91 Å². The lowest BCUT2D eigenvalue weighted by molar-refractivity contribution is -0.137. The van der Waals surface area contributed by atoms with Crippen LogP contribution in [-0.4, -0.2) is 53.7 Å². The molecular weight excluding hydrogens is 286 g/mol. The molecular formula is C4H11NO10S2. The van der Waals surface area contributed by atoms with E-state index in [1.165, 1.54) is 0 Å². The standard InChI is InChI=1S/C4H9NO6S.H2O4S/c1-4(7,3(5)6)2-11-12(8,9)10;1-5(2,3)4/h7H,2H2,1H3,(H2,5,6)(H,8,9,10);(H2,1,2,3,4). The van der Waals surface area contributed by atoms with Crippen molar-refractivity contribution in [1.29, 1.82) is 0 Å². The van der Waals surface area contributed by atoms with Gasteiger partial charge in [0.15, 0.2) is 5.60 Å². The van der Waals surface area contributed by atoms with Crippen LogP contribution in [0.5, 0.6) is 0 Å². The summed E-state index contributed by atoms with van der Waals surface area (Å²) in [5.74, 6) is -1.15. The van der Waals surface area contributed by atoms with Crippen LogP contribution in [0.3, 0.4) is 0 Å². The molecule has 0 aromatic heterocycles. The molecule has 0 aliphatic rings. The molecule has 0 spiro atoms. The first-order valence-electron chi connectivity index (χ1n) is 3.49. The molecule has 1 atom stereocenters. The third-order valence-corrected chi connectivity index (χ3v) is 1.44. The molecule has 6 N–H and O–H groups in total. The van der Waals surface area contributed by atoms with E-state index in [1.54, 1.807) is 0 Å². The zero-order valence-electron chi connectivity index (χ0n) is 8.34. The van der Waals surface area contributed by atoms with E-state index in [0.29, 0.717) is 0 Å². The molecule has 17 heavy (non-hydrogen) atoms. The Labute approximate surface area is 96.7 Å². The summed E-state index contributed by atoms with van der Waals surface area (Å²) in [6, 6.07) is 0. The highest BCUT2D eigenvalue weighted by atomic mass is 32.3. The van der Waals surface area contributed by atoms with Crippen LogP contribution >= 0.6 is 0 Å². The maximum atomic E-state index is 10.4. The van der Waals surface area contributed by atoms with Crippen LogP contribution in [0, 0.1) is 0 Å². The van der Waals surface area contributed by atoms with Crippen molar-refractivity contribution in [3.8, 4) is 0 Å². The second-order valence-corrected chi connectivity index (χ2v) is 4.76. The highest BCUT2D eigenvalue weighted by Gasteiger charge is 2.30. The fraction of sp³-hybridized carbons (Fsp3) is 0.750. The Bertz CT molecular complexity index is 439. The maximum Gasteiger partial charge on any atom is 0.397 e. The Kier molecular flexibility index (Phi) is 6.76. The Morgan fingerprint density at radius 2 is 1.53 bits per heavy atom. The number of carbonyl (C=O) groups is 1. The van der Waals surface area contributed by atoms with Crippen LogP contribution in [-0.2, 0) is 29.8 Å². The summed E-state index contributed by atoms with van der Waals surface area (Å²) in [6.45, 7) is 0.0433. The smallest absolute Gasteiger partial charge is 0.378 e. The van der Waals surface area contributed by atoms with E-state index in [0.717, 1.165) is 6.92 Å². The summed E-state index contributed by atoms with van der Waals surface area (Å²) in [5.41, 5.74) is 2.54. The number of hydrogen-bond acceptors (Lipinski definition) is 7. The minimum atomic E-state index is -4.67. The molecule has 0 aromatic rings. The van der Waals surface area contributed by atoms with E-state index in [9.17, 15) is 13.2 Å². The van der Waals surface area contributed by atoms with Crippen molar-refractivity contribution in [3.63, 3.8) is 0 Å². The van der Waals surface area contributed by atoms with Crippen molar-refractivity contribution in [2.24, 2.45) is 5.73 Å². The lowest BCUT2D eigenvalue weighted by atomic mass is 10.1. The van der Waals surface area contributed by atoms with Gasteiger partial charge >= 0.3 is 20.8 Å². The van der Waals surface area contributed by atoms with E-state index >= 15 is 0 Å². The monoisotopic (exact) mass is 297 g/mol. The van der Waals surface area contributed by atoms with Gasteiger partial charge in [0.2, 0.25) is 0 Å². The SMILES string of the molecule is CC(O)(COS(=O)(=O)O)C(N)=O.O=S(=O)(O)O. The average molecular weight is 297 g/mol. The molecule has 0 heterocycles. The summed E-state index contributed by atoms with van der Waals surface area (Å²) in [7, 11) is -9.33. The number of nitrogens with two attached hydrogens (primary N) is 1. The van der Waals surface area contributed by atoms with Gasteiger partial charge in [0.1, 0.15) is 6.61 Å². The van der Waals surface area contributed by atoms with Gasteiger partial charge in [-0.25, -0.2) is 4.18 Å². The van der Waals surface area contributed by atoms with Crippen LogP contribution < -0.4 is 5.73 Å². The number of rotatable bonds is 4. The third-order valence-electron chi connectivity index (χ3n) is 1.02. The van der Waals surface area contributed by atoms with E-state index in [1.807, 2.05) is 0 Å². The predicted molar refractivity (Wildman–Crippen MR) is 51.5 cm³/mol. The molecule has 0 aromatic carbocycles. The lowest BCUT2D eigenvalue weighted by Crippen LogP contribution is -2.45. The summed E-state index contributed by atoms with van der Waals surface area (Å²) < 4.78 is 63.3. The second kappa shape index (κ2) is 6.20. The maximum absolute atomic E-state index is 10.4. The molecule has 104 valence electrons. The van der Waals surface area contributed by atoms with Crippen LogP contribution in [0.2, 0.25) is 0 Å². The molecule has 0 bridgehead atoms. The van der Waals surface area contributed by atoms with E-state index in [-0.39, 0.29) is 0 Å². The molecule has 0 rings (SSSR count). The molecule has 13 heteroatoms. The minimum absolute atomic E-state index is 0.916. The van der Waals surface area contributed by atoms with Crippen molar-refractivity contribution in [1.82, 2.24) is 0 Å². The molecule has 0 saturated carbocycles. The molecule has 1 amide bonds. The first kappa shape index (κ1) is 18.5. The largest absolute Gasteiger partial charge is 0.397 e.